The summed E-state index contributed by atoms with van der Waals surface area (Å²) >= 11 is 0. The molecule has 0 aromatic heterocycles. The largest absolute Gasteiger partial charge is 0.468 e. The molecule has 1 aliphatic rings. The van der Waals surface area contributed by atoms with Crippen molar-refractivity contribution in [2.24, 2.45) is 0 Å². The predicted octanol–water partition coefficient (Wildman–Crippen LogP) is -0.697. The van der Waals surface area contributed by atoms with Gasteiger partial charge in [0.2, 0.25) is 5.91 Å². The molecule has 1 aliphatic heterocycles. The molecule has 0 aliphatic carbocycles. The predicted molar refractivity (Wildman–Crippen MR) is 68.2 cm³/mol. The Hall–Kier alpha value is -1.14. The van der Waals surface area contributed by atoms with Gasteiger partial charge in [-0.2, -0.15) is 0 Å². The lowest BCUT2D eigenvalue weighted by Gasteiger charge is -2.29. The second-order valence-corrected chi connectivity index (χ2v) is 4.42. The van der Waals surface area contributed by atoms with E-state index in [0.717, 1.165) is 32.6 Å². The molecular formula is C12H23N3O3. The van der Waals surface area contributed by atoms with Crippen molar-refractivity contribution in [3.8, 4) is 0 Å². The lowest BCUT2D eigenvalue weighted by Crippen LogP contribution is -2.49. The van der Waals surface area contributed by atoms with Gasteiger partial charge in [-0.05, 0) is 6.42 Å². The average Bonchev–Trinajstić information content (AvgIpc) is 2.39. The summed E-state index contributed by atoms with van der Waals surface area (Å²) in [5.41, 5.74) is 0. The van der Waals surface area contributed by atoms with E-state index in [0.29, 0.717) is 13.1 Å². The molecule has 1 fully saturated rings. The van der Waals surface area contributed by atoms with Crippen LogP contribution in [0.4, 0.5) is 0 Å². The first kappa shape index (κ1) is 14.9. The first-order chi connectivity index (χ1) is 8.67. The molecule has 1 N–H and O–H groups in total. The number of amides is 1. The van der Waals surface area contributed by atoms with Crippen molar-refractivity contribution >= 4 is 11.9 Å². The Balaban J connectivity index is 2.44. The Morgan fingerprint density at radius 2 is 2.00 bits per heavy atom. The molecule has 18 heavy (non-hydrogen) atoms. The zero-order valence-electron chi connectivity index (χ0n) is 11.3. The zero-order chi connectivity index (χ0) is 13.4. The van der Waals surface area contributed by atoms with Gasteiger partial charge in [0, 0.05) is 32.7 Å². The number of carbonyl (C=O) groups is 2. The molecule has 0 spiro atoms. The first-order valence-electron chi connectivity index (χ1n) is 6.45. The molecule has 1 heterocycles. The van der Waals surface area contributed by atoms with Crippen LogP contribution in [-0.4, -0.2) is 74.6 Å². The maximum Gasteiger partial charge on any atom is 0.325 e. The van der Waals surface area contributed by atoms with Crippen LogP contribution in [0.2, 0.25) is 0 Å². The molecule has 0 aromatic rings. The number of rotatable bonds is 6. The minimum atomic E-state index is -0.364. The minimum Gasteiger partial charge on any atom is -0.468 e. The van der Waals surface area contributed by atoms with Gasteiger partial charge < -0.3 is 15.0 Å². The number of hydrogen-bond donors (Lipinski definition) is 1. The number of nitrogens with zero attached hydrogens (tertiary/aromatic N) is 2. The van der Waals surface area contributed by atoms with Crippen molar-refractivity contribution in [2.45, 2.75) is 13.3 Å². The minimum absolute atomic E-state index is 0.00384. The second-order valence-electron chi connectivity index (χ2n) is 4.42. The molecule has 0 radical (unpaired) electrons. The SMILES string of the molecule is CCCN(CC(=O)OC)C(=O)CN1CCNCC1. The smallest absolute Gasteiger partial charge is 0.325 e. The fourth-order valence-corrected chi connectivity index (χ4v) is 1.94. The van der Waals surface area contributed by atoms with Crippen LogP contribution in [0.1, 0.15) is 13.3 Å². The lowest BCUT2D eigenvalue weighted by atomic mass is 10.3. The van der Waals surface area contributed by atoms with Gasteiger partial charge in [-0.25, -0.2) is 0 Å². The van der Waals surface area contributed by atoms with E-state index < -0.39 is 0 Å². The van der Waals surface area contributed by atoms with Crippen LogP contribution in [0, 0.1) is 0 Å². The van der Waals surface area contributed by atoms with Gasteiger partial charge in [-0.15, -0.1) is 0 Å². The van der Waals surface area contributed by atoms with E-state index in [9.17, 15) is 9.59 Å². The van der Waals surface area contributed by atoms with Crippen molar-refractivity contribution in [1.29, 1.82) is 0 Å². The number of ether oxygens (including phenoxy) is 1. The number of piperazine rings is 1. The van der Waals surface area contributed by atoms with Gasteiger partial charge in [0.25, 0.3) is 0 Å². The quantitative estimate of drug-likeness (QED) is 0.638. The normalized spacial score (nSPS) is 16.3. The van der Waals surface area contributed by atoms with Gasteiger partial charge in [0.15, 0.2) is 0 Å². The summed E-state index contributed by atoms with van der Waals surface area (Å²) in [4.78, 5) is 27.1. The van der Waals surface area contributed by atoms with Gasteiger partial charge >= 0.3 is 5.97 Å². The van der Waals surface area contributed by atoms with E-state index in [4.69, 9.17) is 0 Å². The summed E-state index contributed by atoms with van der Waals surface area (Å²) in [6.07, 6.45) is 0.838. The number of esters is 1. The Morgan fingerprint density at radius 1 is 1.33 bits per heavy atom. The summed E-state index contributed by atoms with van der Waals surface area (Å²) in [7, 11) is 1.34. The number of nitrogens with one attached hydrogen (secondary N) is 1. The highest BCUT2D eigenvalue weighted by Gasteiger charge is 2.20. The maximum absolute atomic E-state index is 12.1. The fourth-order valence-electron chi connectivity index (χ4n) is 1.94. The molecule has 0 aromatic carbocycles. The standard InChI is InChI=1S/C12H23N3O3/c1-3-6-15(10-12(17)18-2)11(16)9-14-7-4-13-5-8-14/h13H,3-10H2,1-2H3. The van der Waals surface area contributed by atoms with E-state index in [1.54, 1.807) is 4.90 Å². The molecule has 1 saturated heterocycles. The van der Waals surface area contributed by atoms with Gasteiger partial charge in [0.05, 0.1) is 13.7 Å². The third-order valence-corrected chi connectivity index (χ3v) is 2.96. The van der Waals surface area contributed by atoms with E-state index in [1.807, 2.05) is 6.92 Å². The van der Waals surface area contributed by atoms with Crippen LogP contribution in [0.25, 0.3) is 0 Å². The van der Waals surface area contributed by atoms with E-state index in [-0.39, 0.29) is 18.4 Å². The Labute approximate surface area is 108 Å². The van der Waals surface area contributed by atoms with Crippen LogP contribution in [0.5, 0.6) is 0 Å². The van der Waals surface area contributed by atoms with Crippen LogP contribution in [0.3, 0.4) is 0 Å². The summed E-state index contributed by atoms with van der Waals surface area (Å²) in [6, 6.07) is 0. The first-order valence-corrected chi connectivity index (χ1v) is 6.45. The topological polar surface area (TPSA) is 61.9 Å². The Kier molecular flexibility index (Phi) is 6.67. The Morgan fingerprint density at radius 3 is 2.56 bits per heavy atom. The van der Waals surface area contributed by atoms with Gasteiger partial charge in [-0.3, -0.25) is 14.5 Å². The van der Waals surface area contributed by atoms with Gasteiger partial charge in [0.1, 0.15) is 6.54 Å². The Bertz CT molecular complexity index is 278. The van der Waals surface area contributed by atoms with Crippen molar-refractivity contribution in [2.75, 3.05) is 52.9 Å². The molecular weight excluding hydrogens is 234 g/mol. The van der Waals surface area contributed by atoms with E-state index in [1.165, 1.54) is 7.11 Å². The molecule has 6 nitrogen and oxygen atoms in total. The van der Waals surface area contributed by atoms with Crippen LogP contribution < -0.4 is 5.32 Å². The highest BCUT2D eigenvalue weighted by Crippen LogP contribution is 1.99. The molecule has 1 rings (SSSR count). The van der Waals surface area contributed by atoms with Crippen LogP contribution in [0.15, 0.2) is 0 Å². The maximum atomic E-state index is 12.1. The van der Waals surface area contributed by atoms with Crippen molar-refractivity contribution in [1.82, 2.24) is 15.1 Å². The zero-order valence-corrected chi connectivity index (χ0v) is 11.3. The number of hydrogen-bond acceptors (Lipinski definition) is 5. The molecule has 0 atom stereocenters. The van der Waals surface area contributed by atoms with Crippen LogP contribution >= 0.6 is 0 Å². The molecule has 1 amide bonds. The fraction of sp³-hybridized carbons (Fsp3) is 0.833. The highest BCUT2D eigenvalue weighted by atomic mass is 16.5. The summed E-state index contributed by atoms with van der Waals surface area (Å²) in [5.74, 6) is -0.360. The lowest BCUT2D eigenvalue weighted by molar-refractivity contribution is -0.147. The number of methoxy groups -OCH3 is 1. The second kappa shape index (κ2) is 8.05. The molecule has 6 heteroatoms. The van der Waals surface area contributed by atoms with Crippen molar-refractivity contribution in [3.05, 3.63) is 0 Å². The summed E-state index contributed by atoms with van der Waals surface area (Å²) < 4.78 is 4.61. The average molecular weight is 257 g/mol. The van der Waals surface area contributed by atoms with Crippen molar-refractivity contribution < 1.29 is 14.3 Å². The summed E-state index contributed by atoms with van der Waals surface area (Å²) in [5, 5.41) is 3.24. The third-order valence-electron chi connectivity index (χ3n) is 2.96. The highest BCUT2D eigenvalue weighted by molar-refractivity contribution is 5.83. The number of carbonyl (C=O) groups excluding carboxylic acids is 2. The molecule has 104 valence electrons. The molecule has 0 unspecified atom stereocenters. The van der Waals surface area contributed by atoms with E-state index in [2.05, 4.69) is 15.0 Å². The third kappa shape index (κ3) is 5.01. The van der Waals surface area contributed by atoms with Crippen LogP contribution in [-0.2, 0) is 14.3 Å². The molecule has 0 saturated carbocycles. The van der Waals surface area contributed by atoms with Gasteiger partial charge in [-0.1, -0.05) is 6.92 Å². The summed E-state index contributed by atoms with van der Waals surface area (Å²) in [6.45, 7) is 6.61. The van der Waals surface area contributed by atoms with E-state index >= 15 is 0 Å². The molecule has 0 bridgehead atoms. The monoisotopic (exact) mass is 257 g/mol. The van der Waals surface area contributed by atoms with Crippen molar-refractivity contribution in [3.63, 3.8) is 0 Å².